The Hall–Kier alpha value is -4.05. The van der Waals surface area contributed by atoms with Gasteiger partial charge in [-0.2, -0.15) is 0 Å². The van der Waals surface area contributed by atoms with Crippen LogP contribution in [0.15, 0.2) is 59.4 Å². The maximum absolute atomic E-state index is 13.4. The van der Waals surface area contributed by atoms with Gasteiger partial charge in [0.1, 0.15) is 11.8 Å². The van der Waals surface area contributed by atoms with Crippen molar-refractivity contribution in [3.63, 3.8) is 0 Å². The number of nitrogens with one attached hydrogen (secondary N) is 1. The fourth-order valence-corrected chi connectivity index (χ4v) is 4.96. The van der Waals surface area contributed by atoms with Crippen molar-refractivity contribution in [2.24, 2.45) is 5.92 Å². The normalized spacial score (nSPS) is 15.5. The van der Waals surface area contributed by atoms with Crippen LogP contribution in [-0.2, 0) is 16.1 Å². The predicted octanol–water partition coefficient (Wildman–Crippen LogP) is 2.94. The molecule has 1 saturated heterocycles. The number of benzene rings is 2. The molecule has 192 valence electrons. The predicted molar refractivity (Wildman–Crippen MR) is 137 cm³/mol. The van der Waals surface area contributed by atoms with Crippen LogP contribution in [0.1, 0.15) is 42.8 Å². The van der Waals surface area contributed by atoms with Crippen molar-refractivity contribution in [2.75, 3.05) is 26.8 Å². The number of tetrazole rings is 1. The maximum Gasteiger partial charge on any atom is 0.309 e. The monoisotopic (exact) mass is 502 g/mol. The Morgan fingerprint density at radius 2 is 1.92 bits per heavy atom. The van der Waals surface area contributed by atoms with Crippen molar-refractivity contribution in [3.05, 3.63) is 81.9 Å². The number of nitrogens with zero attached hydrogens (tertiary/aromatic N) is 5. The van der Waals surface area contributed by atoms with E-state index in [9.17, 15) is 9.59 Å². The van der Waals surface area contributed by atoms with E-state index in [1.54, 1.807) is 11.8 Å². The van der Waals surface area contributed by atoms with E-state index in [-0.39, 0.29) is 17.4 Å². The van der Waals surface area contributed by atoms with Crippen molar-refractivity contribution in [1.82, 2.24) is 30.1 Å². The number of methoxy groups -OCH3 is 1. The van der Waals surface area contributed by atoms with E-state index in [0.29, 0.717) is 56.2 Å². The average Bonchev–Trinajstić information content (AvgIpc) is 3.37. The second kappa shape index (κ2) is 10.9. The minimum atomic E-state index is -0.499. The summed E-state index contributed by atoms with van der Waals surface area (Å²) in [6.07, 6.45) is 1.27. The summed E-state index contributed by atoms with van der Waals surface area (Å²) in [6, 6.07) is 16.9. The Morgan fingerprint density at radius 1 is 1.14 bits per heavy atom. The zero-order chi connectivity index (χ0) is 25.8. The Bertz CT molecular complexity index is 1430. The topological polar surface area (TPSA) is 115 Å². The number of hydrogen-bond acceptors (Lipinski definition) is 8. The number of ether oxygens (including phenoxy) is 2. The van der Waals surface area contributed by atoms with Gasteiger partial charge in [-0.05, 0) is 60.0 Å². The average molecular weight is 503 g/mol. The third kappa shape index (κ3) is 5.24. The van der Waals surface area contributed by atoms with Crippen molar-refractivity contribution >= 4 is 16.9 Å². The molecule has 0 radical (unpaired) electrons. The molecule has 3 heterocycles. The van der Waals surface area contributed by atoms with Crippen molar-refractivity contribution in [1.29, 1.82) is 0 Å². The summed E-state index contributed by atoms with van der Waals surface area (Å²) in [7, 11) is 1.61. The van der Waals surface area contributed by atoms with E-state index < -0.39 is 6.04 Å². The summed E-state index contributed by atoms with van der Waals surface area (Å²) in [5, 5.41) is 13.5. The number of pyridine rings is 1. The molecule has 1 aliphatic heterocycles. The second-order valence-electron chi connectivity index (χ2n) is 9.15. The zero-order valence-electron chi connectivity index (χ0n) is 21.0. The minimum absolute atomic E-state index is 0.156. The minimum Gasteiger partial charge on any atom is -0.497 e. The molecule has 1 fully saturated rings. The van der Waals surface area contributed by atoms with Crippen LogP contribution in [0, 0.1) is 5.92 Å². The highest BCUT2D eigenvalue weighted by molar-refractivity contribution is 5.80. The third-order valence-corrected chi connectivity index (χ3v) is 6.87. The number of aromatic nitrogens is 5. The molecule has 2 aromatic carbocycles. The number of H-pyrrole nitrogens is 1. The van der Waals surface area contributed by atoms with E-state index in [1.807, 2.05) is 61.5 Å². The van der Waals surface area contributed by atoms with Gasteiger partial charge >= 0.3 is 5.97 Å². The van der Waals surface area contributed by atoms with E-state index >= 15 is 0 Å². The first kappa shape index (κ1) is 24.6. The number of rotatable bonds is 8. The molecule has 1 atom stereocenters. The number of piperidine rings is 1. The lowest BCUT2D eigenvalue weighted by Crippen LogP contribution is -2.42. The molecule has 5 rings (SSSR count). The first-order valence-corrected chi connectivity index (χ1v) is 12.5. The largest absolute Gasteiger partial charge is 0.497 e. The van der Waals surface area contributed by atoms with Gasteiger partial charge in [0.15, 0.2) is 5.82 Å². The summed E-state index contributed by atoms with van der Waals surface area (Å²) in [6.45, 7) is 3.85. The maximum atomic E-state index is 13.4. The van der Waals surface area contributed by atoms with Gasteiger partial charge < -0.3 is 14.5 Å². The highest BCUT2D eigenvalue weighted by Gasteiger charge is 2.35. The van der Waals surface area contributed by atoms with Crippen molar-refractivity contribution < 1.29 is 14.3 Å². The van der Waals surface area contributed by atoms with E-state index in [2.05, 4.69) is 25.4 Å². The highest BCUT2D eigenvalue weighted by Crippen LogP contribution is 2.32. The number of fused-ring (bicyclic) bond motifs is 1. The molecule has 1 aliphatic rings. The molecule has 0 saturated carbocycles. The quantitative estimate of drug-likeness (QED) is 0.366. The fraction of sp³-hybridized carbons (Fsp3) is 0.370. The Labute approximate surface area is 214 Å². The van der Waals surface area contributed by atoms with Gasteiger partial charge in [0.25, 0.3) is 5.56 Å². The lowest BCUT2D eigenvalue weighted by atomic mass is 9.94. The summed E-state index contributed by atoms with van der Waals surface area (Å²) in [5.41, 5.74) is 2.11. The summed E-state index contributed by atoms with van der Waals surface area (Å²) >= 11 is 0. The first-order chi connectivity index (χ1) is 18.1. The molecule has 4 aromatic rings. The van der Waals surface area contributed by atoms with Gasteiger partial charge in [0, 0.05) is 29.6 Å². The van der Waals surface area contributed by atoms with Crippen LogP contribution in [0.5, 0.6) is 5.75 Å². The molecular formula is C27H30N6O4. The van der Waals surface area contributed by atoms with Gasteiger partial charge in [-0.3, -0.25) is 14.5 Å². The Morgan fingerprint density at radius 3 is 2.65 bits per heavy atom. The molecule has 10 heteroatoms. The lowest BCUT2D eigenvalue weighted by molar-refractivity contribution is -0.149. The fourth-order valence-electron chi connectivity index (χ4n) is 4.96. The molecule has 0 bridgehead atoms. The number of carbonyl (C=O) groups is 1. The number of esters is 1. The van der Waals surface area contributed by atoms with Crippen LogP contribution >= 0.6 is 0 Å². The SMILES string of the molecule is CCOC(=O)C1CCN([C@H](c2cc3cc(OC)ccc3[nH]c2=O)c2nnnn2Cc2ccccc2)CC1. The molecule has 10 nitrogen and oxygen atoms in total. The standard InChI is InChI=1S/C27H30N6O4/c1-3-37-27(35)19-11-13-32(14-12-19)24(25-29-30-31-33(25)17-18-7-5-4-6-8-18)22-16-20-15-21(36-2)9-10-23(20)28-26(22)34/h4-10,15-16,19,24H,3,11-14,17H2,1-2H3,(H,28,34)/t24-/m1/s1. The molecule has 0 aliphatic carbocycles. The number of likely N-dealkylation sites (tertiary alicyclic amines) is 1. The van der Waals surface area contributed by atoms with Crippen LogP contribution in [-0.4, -0.2) is 62.9 Å². The van der Waals surface area contributed by atoms with Crippen molar-refractivity contribution in [2.45, 2.75) is 32.4 Å². The van der Waals surface area contributed by atoms with Crippen LogP contribution in [0.3, 0.4) is 0 Å². The van der Waals surface area contributed by atoms with Crippen molar-refractivity contribution in [3.8, 4) is 5.75 Å². The zero-order valence-corrected chi connectivity index (χ0v) is 21.0. The molecule has 0 unspecified atom stereocenters. The smallest absolute Gasteiger partial charge is 0.309 e. The number of carbonyl (C=O) groups excluding carboxylic acids is 1. The van der Waals surface area contributed by atoms with Gasteiger partial charge in [-0.15, -0.1) is 5.10 Å². The van der Waals surface area contributed by atoms with Gasteiger partial charge in [-0.25, -0.2) is 4.68 Å². The first-order valence-electron chi connectivity index (χ1n) is 12.5. The van der Waals surface area contributed by atoms with Gasteiger partial charge in [0.2, 0.25) is 0 Å². The van der Waals surface area contributed by atoms with Crippen LogP contribution < -0.4 is 10.3 Å². The second-order valence-corrected chi connectivity index (χ2v) is 9.15. The Balaban J connectivity index is 1.55. The van der Waals surface area contributed by atoms with Crippen LogP contribution in [0.25, 0.3) is 10.9 Å². The van der Waals surface area contributed by atoms with Gasteiger partial charge in [-0.1, -0.05) is 30.3 Å². The highest BCUT2D eigenvalue weighted by atomic mass is 16.5. The van der Waals surface area contributed by atoms with E-state index in [1.165, 1.54) is 0 Å². The molecule has 0 spiro atoms. The van der Waals surface area contributed by atoms with E-state index in [4.69, 9.17) is 9.47 Å². The molecule has 2 aromatic heterocycles. The molecule has 37 heavy (non-hydrogen) atoms. The number of aromatic amines is 1. The number of hydrogen-bond donors (Lipinski definition) is 1. The van der Waals surface area contributed by atoms with Crippen LogP contribution in [0.4, 0.5) is 0 Å². The molecule has 0 amide bonds. The molecular weight excluding hydrogens is 472 g/mol. The van der Waals surface area contributed by atoms with Gasteiger partial charge in [0.05, 0.1) is 26.2 Å². The Kier molecular flexibility index (Phi) is 7.27. The lowest BCUT2D eigenvalue weighted by Gasteiger charge is -2.36. The third-order valence-electron chi connectivity index (χ3n) is 6.87. The van der Waals surface area contributed by atoms with E-state index in [0.717, 1.165) is 16.5 Å². The summed E-state index contributed by atoms with van der Waals surface area (Å²) < 4.78 is 12.4. The molecule has 1 N–H and O–H groups in total. The van der Waals surface area contributed by atoms with Crippen LogP contribution in [0.2, 0.25) is 0 Å². The summed E-state index contributed by atoms with van der Waals surface area (Å²) in [5.74, 6) is 0.956. The summed E-state index contributed by atoms with van der Waals surface area (Å²) in [4.78, 5) is 31.0.